The van der Waals surface area contributed by atoms with Crippen LogP contribution < -0.4 is 5.32 Å². The highest BCUT2D eigenvalue weighted by atomic mass is 14.9. The van der Waals surface area contributed by atoms with Gasteiger partial charge in [0.05, 0.1) is 0 Å². The van der Waals surface area contributed by atoms with Gasteiger partial charge in [0.15, 0.2) is 0 Å². The standard InChI is InChI=1S/C15H23N/c1-13-8-10-14(11-9-13)5-4-7-15-6-2-3-12-16-15/h8-11,15-16H,2-7,12H2,1H3. The first kappa shape index (κ1) is 11.7. The molecule has 0 amide bonds. The molecule has 1 heteroatoms. The predicted molar refractivity (Wildman–Crippen MR) is 69.8 cm³/mol. The van der Waals surface area contributed by atoms with Crippen LogP contribution in [-0.2, 0) is 6.42 Å². The fourth-order valence-corrected chi connectivity index (χ4v) is 2.48. The molecule has 1 nitrogen and oxygen atoms in total. The molecule has 1 aliphatic heterocycles. The highest BCUT2D eigenvalue weighted by Gasteiger charge is 2.11. The smallest absolute Gasteiger partial charge is 0.00671 e. The van der Waals surface area contributed by atoms with Crippen molar-refractivity contribution in [1.82, 2.24) is 5.32 Å². The number of nitrogens with one attached hydrogen (secondary N) is 1. The van der Waals surface area contributed by atoms with Crippen molar-refractivity contribution in [2.75, 3.05) is 6.54 Å². The Labute approximate surface area is 99.3 Å². The van der Waals surface area contributed by atoms with Crippen molar-refractivity contribution in [3.63, 3.8) is 0 Å². The predicted octanol–water partition coefficient (Wildman–Crippen LogP) is 3.46. The van der Waals surface area contributed by atoms with E-state index in [1.807, 2.05) is 0 Å². The monoisotopic (exact) mass is 217 g/mol. The molecule has 0 spiro atoms. The van der Waals surface area contributed by atoms with Crippen LogP contribution in [0.2, 0.25) is 0 Å². The van der Waals surface area contributed by atoms with Crippen LogP contribution in [0, 0.1) is 6.92 Å². The number of piperidine rings is 1. The summed E-state index contributed by atoms with van der Waals surface area (Å²) in [6.45, 7) is 3.38. The second-order valence-corrected chi connectivity index (χ2v) is 5.02. The lowest BCUT2D eigenvalue weighted by Gasteiger charge is -2.23. The zero-order chi connectivity index (χ0) is 11.2. The summed E-state index contributed by atoms with van der Waals surface area (Å²) in [5.74, 6) is 0. The van der Waals surface area contributed by atoms with Crippen LogP contribution in [0.5, 0.6) is 0 Å². The maximum atomic E-state index is 3.61. The van der Waals surface area contributed by atoms with E-state index in [0.717, 1.165) is 6.04 Å². The van der Waals surface area contributed by atoms with Gasteiger partial charge in [0.25, 0.3) is 0 Å². The summed E-state index contributed by atoms with van der Waals surface area (Å²) in [5.41, 5.74) is 2.85. The molecule has 1 saturated heterocycles. The molecule has 1 heterocycles. The van der Waals surface area contributed by atoms with E-state index >= 15 is 0 Å². The van der Waals surface area contributed by atoms with Crippen LogP contribution in [0.1, 0.15) is 43.2 Å². The number of hydrogen-bond donors (Lipinski definition) is 1. The molecule has 1 aliphatic rings. The highest BCUT2D eigenvalue weighted by molar-refractivity contribution is 5.21. The zero-order valence-corrected chi connectivity index (χ0v) is 10.3. The maximum Gasteiger partial charge on any atom is 0.00671 e. The lowest BCUT2D eigenvalue weighted by molar-refractivity contribution is 0.376. The Morgan fingerprint density at radius 1 is 1.19 bits per heavy atom. The molecule has 0 radical (unpaired) electrons. The minimum absolute atomic E-state index is 0.791. The number of aryl methyl sites for hydroxylation is 2. The van der Waals surface area contributed by atoms with E-state index in [2.05, 4.69) is 36.5 Å². The van der Waals surface area contributed by atoms with Gasteiger partial charge in [-0.2, -0.15) is 0 Å². The topological polar surface area (TPSA) is 12.0 Å². The summed E-state index contributed by atoms with van der Waals surface area (Å²) in [4.78, 5) is 0. The molecule has 2 rings (SSSR count). The molecule has 0 bridgehead atoms. The van der Waals surface area contributed by atoms with Gasteiger partial charge in [-0.1, -0.05) is 36.2 Å². The average molecular weight is 217 g/mol. The summed E-state index contributed by atoms with van der Waals surface area (Å²) < 4.78 is 0. The first-order chi connectivity index (χ1) is 7.84. The van der Waals surface area contributed by atoms with Crippen LogP contribution >= 0.6 is 0 Å². The second kappa shape index (κ2) is 6.05. The molecule has 88 valence electrons. The molecule has 0 saturated carbocycles. The fraction of sp³-hybridized carbons (Fsp3) is 0.600. The van der Waals surface area contributed by atoms with E-state index in [4.69, 9.17) is 0 Å². The number of benzene rings is 1. The Hall–Kier alpha value is -0.820. The molecule has 1 aromatic carbocycles. The van der Waals surface area contributed by atoms with Crippen molar-refractivity contribution in [3.8, 4) is 0 Å². The van der Waals surface area contributed by atoms with Gasteiger partial charge >= 0.3 is 0 Å². The summed E-state index contributed by atoms with van der Waals surface area (Å²) in [6.07, 6.45) is 8.07. The van der Waals surface area contributed by atoms with Gasteiger partial charge in [0, 0.05) is 6.04 Å². The molecule has 1 aromatic rings. The minimum atomic E-state index is 0.791. The Morgan fingerprint density at radius 3 is 2.69 bits per heavy atom. The van der Waals surface area contributed by atoms with E-state index in [9.17, 15) is 0 Å². The van der Waals surface area contributed by atoms with E-state index < -0.39 is 0 Å². The molecule has 1 N–H and O–H groups in total. The van der Waals surface area contributed by atoms with Crippen molar-refractivity contribution in [3.05, 3.63) is 35.4 Å². The molecule has 16 heavy (non-hydrogen) atoms. The highest BCUT2D eigenvalue weighted by Crippen LogP contribution is 2.14. The molecule has 1 atom stereocenters. The van der Waals surface area contributed by atoms with Crippen molar-refractivity contribution >= 4 is 0 Å². The van der Waals surface area contributed by atoms with E-state index in [1.54, 1.807) is 0 Å². The number of hydrogen-bond acceptors (Lipinski definition) is 1. The Balaban J connectivity index is 1.69. The van der Waals surface area contributed by atoms with Gasteiger partial charge in [-0.05, 0) is 51.1 Å². The molecule has 0 aromatic heterocycles. The minimum Gasteiger partial charge on any atom is -0.314 e. The van der Waals surface area contributed by atoms with Gasteiger partial charge in [-0.3, -0.25) is 0 Å². The summed E-state index contributed by atoms with van der Waals surface area (Å²) in [7, 11) is 0. The van der Waals surface area contributed by atoms with Gasteiger partial charge < -0.3 is 5.32 Å². The summed E-state index contributed by atoms with van der Waals surface area (Å²) in [5, 5.41) is 3.61. The van der Waals surface area contributed by atoms with E-state index in [0.29, 0.717) is 0 Å². The van der Waals surface area contributed by atoms with Gasteiger partial charge in [0.2, 0.25) is 0 Å². The molecule has 1 fully saturated rings. The van der Waals surface area contributed by atoms with Crippen LogP contribution in [0.3, 0.4) is 0 Å². The zero-order valence-electron chi connectivity index (χ0n) is 10.3. The van der Waals surface area contributed by atoms with Crippen molar-refractivity contribution in [1.29, 1.82) is 0 Å². The van der Waals surface area contributed by atoms with Gasteiger partial charge in [-0.15, -0.1) is 0 Å². The lowest BCUT2D eigenvalue weighted by Crippen LogP contribution is -2.33. The third kappa shape index (κ3) is 3.64. The molecule has 0 aliphatic carbocycles. The second-order valence-electron chi connectivity index (χ2n) is 5.02. The third-order valence-corrected chi connectivity index (χ3v) is 3.55. The SMILES string of the molecule is Cc1ccc(CCCC2CCCCN2)cc1. The van der Waals surface area contributed by atoms with Crippen molar-refractivity contribution in [2.24, 2.45) is 0 Å². The lowest BCUT2D eigenvalue weighted by atomic mass is 9.98. The largest absolute Gasteiger partial charge is 0.314 e. The van der Waals surface area contributed by atoms with Gasteiger partial charge in [0.1, 0.15) is 0 Å². The van der Waals surface area contributed by atoms with Crippen molar-refractivity contribution in [2.45, 2.75) is 51.5 Å². The Kier molecular flexibility index (Phi) is 4.41. The fourth-order valence-electron chi connectivity index (χ4n) is 2.48. The average Bonchev–Trinajstić information content (AvgIpc) is 2.33. The third-order valence-electron chi connectivity index (χ3n) is 3.55. The quantitative estimate of drug-likeness (QED) is 0.814. The summed E-state index contributed by atoms with van der Waals surface area (Å²) >= 11 is 0. The first-order valence-corrected chi connectivity index (χ1v) is 6.63. The van der Waals surface area contributed by atoms with Crippen LogP contribution in [-0.4, -0.2) is 12.6 Å². The van der Waals surface area contributed by atoms with Crippen LogP contribution in [0.25, 0.3) is 0 Å². The molecular weight excluding hydrogens is 194 g/mol. The van der Waals surface area contributed by atoms with Crippen LogP contribution in [0.15, 0.2) is 24.3 Å². The van der Waals surface area contributed by atoms with E-state index in [-0.39, 0.29) is 0 Å². The molecular formula is C15H23N. The Morgan fingerprint density at radius 2 is 2.00 bits per heavy atom. The molecule has 1 unspecified atom stereocenters. The van der Waals surface area contributed by atoms with Crippen molar-refractivity contribution < 1.29 is 0 Å². The van der Waals surface area contributed by atoms with E-state index in [1.165, 1.54) is 56.2 Å². The normalized spacial score (nSPS) is 20.9. The van der Waals surface area contributed by atoms with Crippen LogP contribution in [0.4, 0.5) is 0 Å². The number of rotatable bonds is 4. The summed E-state index contributed by atoms with van der Waals surface area (Å²) in [6, 6.07) is 9.76. The maximum absolute atomic E-state index is 3.61. The first-order valence-electron chi connectivity index (χ1n) is 6.63. The Bertz CT molecular complexity index is 296. The van der Waals surface area contributed by atoms with Gasteiger partial charge in [-0.25, -0.2) is 0 Å².